The molecule has 246 valence electrons. The molecule has 46 heavy (non-hydrogen) atoms. The molecular weight excluding hydrogens is 668 g/mol. The number of rotatable bonds is 6. The van der Waals surface area contributed by atoms with Crippen molar-refractivity contribution in [2.75, 3.05) is 32.7 Å². The Balaban J connectivity index is 1.31. The zero-order valence-electron chi connectivity index (χ0n) is 27.0. The summed E-state index contributed by atoms with van der Waals surface area (Å²) in [5, 5.41) is 11.3. The minimum atomic E-state index is -1.28. The fraction of sp³-hybridized carbons (Fsp3) is 0.543. The number of carboxylic acid groups (broad SMARTS) is 1. The molecule has 11 heteroatoms. The highest BCUT2D eigenvalue weighted by atomic mass is 79.9. The van der Waals surface area contributed by atoms with E-state index < -0.39 is 17.0 Å². The summed E-state index contributed by atoms with van der Waals surface area (Å²) in [4.78, 5) is 42.7. The van der Waals surface area contributed by atoms with Crippen molar-refractivity contribution in [3.8, 4) is 0 Å². The molecule has 0 spiro atoms. The van der Waals surface area contributed by atoms with E-state index >= 15 is 0 Å². The molecule has 2 aliphatic heterocycles. The van der Waals surface area contributed by atoms with Gasteiger partial charge in [0, 0.05) is 67.4 Å². The van der Waals surface area contributed by atoms with Crippen molar-refractivity contribution in [1.29, 1.82) is 0 Å². The largest absolute Gasteiger partial charge is 0.465 e. The van der Waals surface area contributed by atoms with Gasteiger partial charge in [-0.3, -0.25) is 19.6 Å². The van der Waals surface area contributed by atoms with E-state index in [1.54, 1.807) is 6.20 Å². The fourth-order valence-corrected chi connectivity index (χ4v) is 8.53. The molecule has 1 N–H and O–H groups in total. The van der Waals surface area contributed by atoms with Crippen molar-refractivity contribution in [3.63, 3.8) is 0 Å². The number of hydrogen-bond acceptors (Lipinski definition) is 5. The number of halogens is 2. The van der Waals surface area contributed by atoms with Gasteiger partial charge in [-0.25, -0.2) is 9.78 Å². The number of aromatic nitrogens is 3. The van der Waals surface area contributed by atoms with Crippen molar-refractivity contribution in [1.82, 2.24) is 29.2 Å². The fourth-order valence-electron chi connectivity index (χ4n) is 7.95. The number of nitrogens with zero attached hydrogens (tertiary/aromatic N) is 6. The van der Waals surface area contributed by atoms with Crippen molar-refractivity contribution >= 4 is 39.5 Å². The van der Waals surface area contributed by atoms with Crippen molar-refractivity contribution in [3.05, 3.63) is 81.1 Å². The second-order valence-corrected chi connectivity index (χ2v) is 15.5. The van der Waals surface area contributed by atoms with Gasteiger partial charge in [-0.15, -0.1) is 0 Å². The van der Waals surface area contributed by atoms with Gasteiger partial charge in [-0.1, -0.05) is 38.4 Å². The number of amides is 2. The summed E-state index contributed by atoms with van der Waals surface area (Å²) in [5.74, 6) is 0.464. The van der Waals surface area contributed by atoms with E-state index in [-0.39, 0.29) is 25.0 Å². The predicted octanol–water partition coefficient (Wildman–Crippen LogP) is 6.68. The van der Waals surface area contributed by atoms with E-state index in [4.69, 9.17) is 16.6 Å². The number of imidazole rings is 1. The van der Waals surface area contributed by atoms with Crippen LogP contribution in [0, 0.1) is 11.3 Å². The Bertz CT molecular complexity index is 1520. The molecule has 2 saturated heterocycles. The summed E-state index contributed by atoms with van der Waals surface area (Å²) in [6.45, 7) is 9.25. The molecule has 2 aromatic heterocycles. The van der Waals surface area contributed by atoms with Gasteiger partial charge < -0.3 is 14.6 Å². The van der Waals surface area contributed by atoms with Gasteiger partial charge >= 0.3 is 6.09 Å². The summed E-state index contributed by atoms with van der Waals surface area (Å²) in [6.07, 6.45) is 12.1. The summed E-state index contributed by atoms with van der Waals surface area (Å²) in [6, 6.07) is 7.96. The molecule has 6 rings (SSSR count). The second-order valence-electron chi connectivity index (χ2n) is 14.1. The molecule has 1 unspecified atom stereocenters. The Morgan fingerprint density at radius 2 is 1.85 bits per heavy atom. The zero-order chi connectivity index (χ0) is 32.6. The lowest BCUT2D eigenvalue weighted by atomic mass is 9.69. The number of piperidine rings is 1. The number of hydrogen-bond donors (Lipinski definition) is 1. The summed E-state index contributed by atoms with van der Waals surface area (Å²) in [7, 11) is 0. The monoisotopic (exact) mass is 710 g/mol. The van der Waals surface area contributed by atoms with Crippen LogP contribution in [-0.2, 0) is 24.2 Å². The van der Waals surface area contributed by atoms with Crippen LogP contribution in [0.15, 0.2) is 53.7 Å². The van der Waals surface area contributed by atoms with Crippen molar-refractivity contribution < 1.29 is 14.7 Å². The Labute approximate surface area is 285 Å². The third kappa shape index (κ3) is 6.32. The average molecular weight is 712 g/mol. The normalized spacial score (nSPS) is 22.7. The van der Waals surface area contributed by atoms with Crippen molar-refractivity contribution in [2.45, 2.75) is 77.4 Å². The van der Waals surface area contributed by atoms with Crippen LogP contribution >= 0.6 is 27.5 Å². The zero-order valence-corrected chi connectivity index (χ0v) is 29.3. The minimum absolute atomic E-state index is 0.0853. The van der Waals surface area contributed by atoms with Crippen molar-refractivity contribution in [2.24, 2.45) is 11.3 Å². The van der Waals surface area contributed by atoms with Gasteiger partial charge in [0.1, 0.15) is 5.54 Å². The molecule has 2 amide bonds. The third-order valence-corrected chi connectivity index (χ3v) is 11.1. The second kappa shape index (κ2) is 13.3. The molecule has 1 aromatic carbocycles. The number of benzene rings is 1. The molecule has 3 aromatic rings. The predicted molar refractivity (Wildman–Crippen MR) is 182 cm³/mol. The lowest BCUT2D eigenvalue weighted by Gasteiger charge is -2.57. The van der Waals surface area contributed by atoms with E-state index in [1.807, 2.05) is 56.5 Å². The van der Waals surface area contributed by atoms with E-state index in [9.17, 15) is 14.7 Å². The van der Waals surface area contributed by atoms with E-state index in [2.05, 4.69) is 42.5 Å². The molecule has 1 aliphatic carbocycles. The van der Waals surface area contributed by atoms with Crippen LogP contribution < -0.4 is 0 Å². The van der Waals surface area contributed by atoms with Gasteiger partial charge in [0.25, 0.3) is 5.91 Å². The first-order chi connectivity index (χ1) is 22.0. The smallest absolute Gasteiger partial charge is 0.408 e. The SMILES string of the molecule is CC(C)(C)[C@]1(C(=O)N2CCC(CCCn3ccnc3)CC2)CN(C2c3ccc(Cl)cc3CCc3cc(Br)cnc32)CCN1C(=O)O. The molecule has 2 fully saturated rings. The van der Waals surface area contributed by atoms with E-state index in [1.165, 1.54) is 4.90 Å². The first kappa shape index (κ1) is 33.0. The summed E-state index contributed by atoms with van der Waals surface area (Å²) in [5.41, 5.74) is 2.44. The number of fused-ring (bicyclic) bond motifs is 2. The number of likely N-dealkylation sites (tertiary alicyclic amines) is 1. The Morgan fingerprint density at radius 1 is 1.09 bits per heavy atom. The van der Waals surface area contributed by atoms with Gasteiger partial charge in [-0.2, -0.15) is 0 Å². The Morgan fingerprint density at radius 3 is 2.54 bits per heavy atom. The highest BCUT2D eigenvalue weighted by Crippen LogP contribution is 2.45. The molecule has 0 bridgehead atoms. The Kier molecular flexibility index (Phi) is 9.52. The van der Waals surface area contributed by atoms with Gasteiger partial charge in [0.15, 0.2) is 0 Å². The molecule has 0 radical (unpaired) electrons. The van der Waals surface area contributed by atoms with Gasteiger partial charge in [0.2, 0.25) is 0 Å². The Hall–Kier alpha value is -2.95. The lowest BCUT2D eigenvalue weighted by Crippen LogP contribution is -2.75. The third-order valence-electron chi connectivity index (χ3n) is 10.5. The first-order valence-electron chi connectivity index (χ1n) is 16.4. The summed E-state index contributed by atoms with van der Waals surface area (Å²) < 4.78 is 3.03. The number of aryl methyl sites for hydroxylation is 3. The maximum atomic E-state index is 14.9. The van der Waals surface area contributed by atoms with Gasteiger partial charge in [-0.05, 0) is 101 Å². The topological polar surface area (TPSA) is 94.8 Å². The highest BCUT2D eigenvalue weighted by Gasteiger charge is 2.60. The highest BCUT2D eigenvalue weighted by molar-refractivity contribution is 9.10. The van der Waals surface area contributed by atoms with E-state index in [0.717, 1.165) is 71.9 Å². The maximum Gasteiger partial charge on any atom is 0.408 e. The van der Waals surface area contributed by atoms with E-state index in [0.29, 0.717) is 30.6 Å². The van der Waals surface area contributed by atoms with Crippen LogP contribution in [0.5, 0.6) is 0 Å². The maximum absolute atomic E-state index is 14.9. The molecule has 4 heterocycles. The quantitative estimate of drug-likeness (QED) is 0.307. The number of carbonyl (C=O) groups excluding carboxylic acids is 1. The number of pyridine rings is 1. The molecule has 9 nitrogen and oxygen atoms in total. The first-order valence-corrected chi connectivity index (χ1v) is 17.6. The van der Waals surface area contributed by atoms with Crippen LogP contribution in [0.25, 0.3) is 0 Å². The van der Waals surface area contributed by atoms with Crippen LogP contribution in [-0.4, -0.2) is 84.6 Å². The van der Waals surface area contributed by atoms with Crippen LogP contribution in [0.4, 0.5) is 4.79 Å². The standard InChI is InChI=1S/C35H44BrClN6O3/c1-34(2,3)35(32(44)41-14-10-24(11-15-41)5-4-13-40-16-12-38-23-40)22-42(17-18-43(35)33(45)46)31-29-9-8-28(37)20-25(29)6-7-26-19-27(36)21-39-30(26)31/h8-9,12,16,19-21,23-24,31H,4-7,10-11,13-15,17-18,22H2,1-3H3,(H,45,46)/t31?,35-/m1/s1. The lowest BCUT2D eigenvalue weighted by molar-refractivity contribution is -0.160. The molecule has 3 aliphatic rings. The van der Waals surface area contributed by atoms with Crippen LogP contribution in [0.3, 0.4) is 0 Å². The molecular formula is C35H44BrClN6O3. The van der Waals surface area contributed by atoms with Crippen LogP contribution in [0.2, 0.25) is 5.02 Å². The molecule has 2 atom stereocenters. The number of piperazine rings is 1. The molecule has 0 saturated carbocycles. The summed E-state index contributed by atoms with van der Waals surface area (Å²) >= 11 is 10.1. The number of carbonyl (C=O) groups is 2. The van der Waals surface area contributed by atoms with Crippen LogP contribution in [0.1, 0.15) is 74.9 Å². The average Bonchev–Trinajstić information content (AvgIpc) is 3.49. The van der Waals surface area contributed by atoms with Gasteiger partial charge in [0.05, 0.1) is 18.1 Å². The minimum Gasteiger partial charge on any atom is -0.465 e.